The van der Waals surface area contributed by atoms with Crippen LogP contribution in [-0.2, 0) is 0 Å². The van der Waals surface area contributed by atoms with Crippen LogP contribution in [0, 0.1) is 5.41 Å². The molecule has 1 N–H and O–H groups in total. The summed E-state index contributed by atoms with van der Waals surface area (Å²) in [6.45, 7) is 8.58. The zero-order valence-electron chi connectivity index (χ0n) is 12.1. The van der Waals surface area contributed by atoms with E-state index in [-0.39, 0.29) is 0 Å². The zero-order valence-corrected chi connectivity index (χ0v) is 12.9. The summed E-state index contributed by atoms with van der Waals surface area (Å²) in [6.07, 6.45) is 7.23. The first-order valence-corrected chi connectivity index (χ1v) is 8.18. The van der Waals surface area contributed by atoms with Crippen molar-refractivity contribution in [3.63, 3.8) is 0 Å². The van der Waals surface area contributed by atoms with Gasteiger partial charge >= 0.3 is 0 Å². The third-order valence-corrected chi connectivity index (χ3v) is 4.88. The monoisotopic (exact) mass is 275 g/mol. The normalized spacial score (nSPS) is 21.9. The molecule has 104 valence electrons. The third kappa shape index (κ3) is 4.31. The molecule has 0 spiro atoms. The molecular weight excluding hydrogens is 250 g/mol. The Balaban J connectivity index is 2.03. The van der Waals surface area contributed by atoms with Crippen molar-refractivity contribution in [2.45, 2.75) is 50.5 Å². The molecule has 1 aliphatic rings. The minimum atomic E-state index is 0.485. The molecule has 1 fully saturated rings. The van der Waals surface area contributed by atoms with Gasteiger partial charge in [0.15, 0.2) is 0 Å². The molecule has 1 nitrogen and oxygen atoms in total. The lowest BCUT2D eigenvalue weighted by molar-refractivity contribution is 0.229. The van der Waals surface area contributed by atoms with Gasteiger partial charge in [0.25, 0.3) is 0 Å². The Hall–Kier alpha value is -0.890. The van der Waals surface area contributed by atoms with E-state index >= 15 is 0 Å². The van der Waals surface area contributed by atoms with E-state index in [1.807, 2.05) is 17.8 Å². The molecule has 1 aliphatic carbocycles. The summed E-state index contributed by atoms with van der Waals surface area (Å²) in [5.74, 6) is 0.967. The average Bonchev–Trinajstić information content (AvgIpc) is 2.36. The minimum Gasteiger partial charge on any atom is -0.381 e. The van der Waals surface area contributed by atoms with Crippen molar-refractivity contribution in [3.05, 3.63) is 36.9 Å². The topological polar surface area (TPSA) is 12.0 Å². The lowest BCUT2D eigenvalue weighted by Gasteiger charge is -2.36. The second kappa shape index (κ2) is 6.51. The van der Waals surface area contributed by atoms with Gasteiger partial charge in [-0.15, -0.1) is 18.3 Å². The van der Waals surface area contributed by atoms with E-state index in [1.54, 1.807) is 0 Å². The van der Waals surface area contributed by atoms with E-state index in [0.29, 0.717) is 11.5 Å². The fraction of sp³-hybridized carbons (Fsp3) is 0.529. The Morgan fingerprint density at radius 3 is 2.95 bits per heavy atom. The van der Waals surface area contributed by atoms with E-state index in [2.05, 4.69) is 50.0 Å². The van der Waals surface area contributed by atoms with Crippen LogP contribution in [-0.4, -0.2) is 11.8 Å². The average molecular weight is 275 g/mol. The van der Waals surface area contributed by atoms with Crippen molar-refractivity contribution in [1.29, 1.82) is 0 Å². The summed E-state index contributed by atoms with van der Waals surface area (Å²) in [4.78, 5) is 1.34. The first-order valence-electron chi connectivity index (χ1n) is 7.20. The summed E-state index contributed by atoms with van der Waals surface area (Å²) < 4.78 is 0. The van der Waals surface area contributed by atoms with E-state index in [9.17, 15) is 0 Å². The molecule has 0 amide bonds. The number of para-hydroxylation sites is 1. The number of hydrogen-bond donors (Lipinski definition) is 1. The largest absolute Gasteiger partial charge is 0.381 e. The lowest BCUT2D eigenvalue weighted by Crippen LogP contribution is -2.31. The Morgan fingerprint density at radius 1 is 1.42 bits per heavy atom. The molecule has 0 radical (unpaired) electrons. The van der Waals surface area contributed by atoms with Crippen LogP contribution in [0.5, 0.6) is 0 Å². The second-order valence-electron chi connectivity index (χ2n) is 6.20. The van der Waals surface area contributed by atoms with Crippen LogP contribution in [0.3, 0.4) is 0 Å². The van der Waals surface area contributed by atoms with Crippen LogP contribution in [0.1, 0.15) is 39.5 Å². The molecular formula is C17H25NS. The minimum absolute atomic E-state index is 0.485. The fourth-order valence-electron chi connectivity index (χ4n) is 2.90. The molecule has 1 unspecified atom stereocenters. The van der Waals surface area contributed by atoms with Gasteiger partial charge in [-0.2, -0.15) is 0 Å². The highest BCUT2D eigenvalue weighted by atomic mass is 32.2. The van der Waals surface area contributed by atoms with Crippen molar-refractivity contribution in [1.82, 2.24) is 0 Å². The van der Waals surface area contributed by atoms with Gasteiger partial charge in [0.2, 0.25) is 0 Å². The molecule has 2 rings (SSSR count). The van der Waals surface area contributed by atoms with Crippen LogP contribution < -0.4 is 5.32 Å². The Morgan fingerprint density at radius 2 is 2.21 bits per heavy atom. The van der Waals surface area contributed by atoms with Gasteiger partial charge < -0.3 is 5.32 Å². The predicted octanol–water partition coefficient (Wildman–Crippen LogP) is 5.35. The third-order valence-electron chi connectivity index (χ3n) is 3.81. The van der Waals surface area contributed by atoms with E-state index < -0.39 is 0 Å². The van der Waals surface area contributed by atoms with Crippen LogP contribution in [0.4, 0.5) is 5.69 Å². The van der Waals surface area contributed by atoms with Gasteiger partial charge in [-0.3, -0.25) is 0 Å². The number of rotatable bonds is 5. The highest BCUT2D eigenvalue weighted by Crippen LogP contribution is 2.37. The quantitative estimate of drug-likeness (QED) is 0.574. The van der Waals surface area contributed by atoms with Crippen molar-refractivity contribution in [3.8, 4) is 0 Å². The lowest BCUT2D eigenvalue weighted by atomic mass is 9.75. The van der Waals surface area contributed by atoms with Gasteiger partial charge in [0.1, 0.15) is 0 Å². The number of benzene rings is 1. The van der Waals surface area contributed by atoms with Crippen LogP contribution >= 0.6 is 11.8 Å². The zero-order chi connectivity index (χ0) is 13.7. The van der Waals surface area contributed by atoms with E-state index in [1.165, 1.54) is 36.3 Å². The van der Waals surface area contributed by atoms with E-state index in [4.69, 9.17) is 0 Å². The smallest absolute Gasteiger partial charge is 0.0480 e. The summed E-state index contributed by atoms with van der Waals surface area (Å²) >= 11 is 1.85. The van der Waals surface area contributed by atoms with Gasteiger partial charge in [-0.1, -0.05) is 38.5 Å². The maximum Gasteiger partial charge on any atom is 0.0480 e. The molecule has 0 saturated heterocycles. The van der Waals surface area contributed by atoms with Crippen LogP contribution in [0.2, 0.25) is 0 Å². The van der Waals surface area contributed by atoms with E-state index in [0.717, 1.165) is 5.75 Å². The highest BCUT2D eigenvalue weighted by Gasteiger charge is 2.28. The Bertz CT molecular complexity index is 425. The SMILES string of the molecule is C=CCSc1ccccc1NC1CCCC(C)(C)C1. The van der Waals surface area contributed by atoms with Crippen LogP contribution in [0.15, 0.2) is 41.8 Å². The standard InChI is InChI=1S/C17H25NS/c1-4-12-19-16-10-6-5-9-15(16)18-14-8-7-11-17(2,3)13-14/h4-6,9-10,14,18H,1,7-8,11-13H2,2-3H3. The van der Waals surface area contributed by atoms with Crippen LogP contribution in [0.25, 0.3) is 0 Å². The molecule has 1 aromatic rings. The van der Waals surface area contributed by atoms with Gasteiger partial charge in [0, 0.05) is 22.4 Å². The molecule has 1 saturated carbocycles. The first-order chi connectivity index (χ1) is 9.11. The van der Waals surface area contributed by atoms with Crippen molar-refractivity contribution < 1.29 is 0 Å². The highest BCUT2D eigenvalue weighted by molar-refractivity contribution is 7.99. The molecule has 0 heterocycles. The summed E-state index contributed by atoms with van der Waals surface area (Å²) in [6, 6.07) is 9.25. The summed E-state index contributed by atoms with van der Waals surface area (Å²) in [5.41, 5.74) is 1.77. The Labute approximate surface area is 121 Å². The molecule has 0 bridgehead atoms. The molecule has 0 aliphatic heterocycles. The number of anilines is 1. The number of hydrogen-bond acceptors (Lipinski definition) is 2. The Kier molecular flexibility index (Phi) is 4.98. The second-order valence-corrected chi connectivity index (χ2v) is 7.26. The molecule has 1 atom stereocenters. The van der Waals surface area contributed by atoms with Gasteiger partial charge in [0.05, 0.1) is 0 Å². The van der Waals surface area contributed by atoms with Crippen molar-refractivity contribution in [2.75, 3.05) is 11.1 Å². The predicted molar refractivity (Wildman–Crippen MR) is 87.0 cm³/mol. The molecule has 2 heteroatoms. The maximum absolute atomic E-state index is 3.80. The number of nitrogens with one attached hydrogen (secondary N) is 1. The molecule has 0 aromatic heterocycles. The molecule has 1 aromatic carbocycles. The fourth-order valence-corrected chi connectivity index (χ4v) is 3.66. The summed E-state index contributed by atoms with van der Waals surface area (Å²) in [5, 5.41) is 3.76. The summed E-state index contributed by atoms with van der Waals surface area (Å²) in [7, 11) is 0. The number of thioether (sulfide) groups is 1. The van der Waals surface area contributed by atoms with Gasteiger partial charge in [-0.25, -0.2) is 0 Å². The van der Waals surface area contributed by atoms with Crippen molar-refractivity contribution in [2.24, 2.45) is 5.41 Å². The maximum atomic E-state index is 3.80. The molecule has 19 heavy (non-hydrogen) atoms. The van der Waals surface area contributed by atoms with Crippen molar-refractivity contribution >= 4 is 17.4 Å². The van der Waals surface area contributed by atoms with Gasteiger partial charge in [-0.05, 0) is 36.8 Å². The first kappa shape index (κ1) is 14.5.